The summed E-state index contributed by atoms with van der Waals surface area (Å²) in [5, 5.41) is 0. The molecule has 3 rings (SSSR count). The molecule has 1 aliphatic carbocycles. The Morgan fingerprint density at radius 1 is 0.714 bits per heavy atom. The van der Waals surface area contributed by atoms with Crippen molar-refractivity contribution in [3.8, 4) is 0 Å². The fraction of sp³-hybridized carbons (Fsp3) is 0.429. The van der Waals surface area contributed by atoms with Crippen LogP contribution in [-0.2, 0) is 12.8 Å². The summed E-state index contributed by atoms with van der Waals surface area (Å²) in [6.07, 6.45) is 5.38. The first-order valence-corrected chi connectivity index (χ1v) is 8.11. The smallest absolute Gasteiger partial charge is 0.0273 e. The van der Waals surface area contributed by atoms with Gasteiger partial charge in [-0.3, -0.25) is 0 Å². The standard InChI is InChI=1S/C11H14.C10H14/c1-9-5-4-7-10-6-2-3-8-11(9)10;1-7-5-8(2)10(4)9(3)6-7/h4-5,7H,2-3,6,8H2,1H3;5-6H,1-4H3. The van der Waals surface area contributed by atoms with Crippen molar-refractivity contribution in [2.24, 2.45) is 0 Å². The molecular weight excluding hydrogens is 252 g/mol. The minimum absolute atomic E-state index is 1.30. The van der Waals surface area contributed by atoms with Gasteiger partial charge >= 0.3 is 0 Å². The molecule has 0 bridgehead atoms. The van der Waals surface area contributed by atoms with Crippen LogP contribution in [0.4, 0.5) is 0 Å². The van der Waals surface area contributed by atoms with E-state index in [1.165, 1.54) is 53.5 Å². The van der Waals surface area contributed by atoms with Crippen LogP contribution < -0.4 is 0 Å². The fourth-order valence-corrected chi connectivity index (χ4v) is 3.22. The van der Waals surface area contributed by atoms with E-state index in [9.17, 15) is 0 Å². The normalized spacial score (nSPS) is 13.2. The largest absolute Gasteiger partial charge is 0.0617 e. The molecule has 2 aromatic carbocycles. The number of fused-ring (bicyclic) bond motifs is 1. The molecule has 0 unspecified atom stereocenters. The van der Waals surface area contributed by atoms with Gasteiger partial charge in [0.2, 0.25) is 0 Å². The Balaban J connectivity index is 0.000000155. The number of hydrogen-bond acceptors (Lipinski definition) is 0. The maximum Gasteiger partial charge on any atom is -0.0273 e. The van der Waals surface area contributed by atoms with E-state index in [2.05, 4.69) is 65.0 Å². The Morgan fingerprint density at radius 2 is 1.33 bits per heavy atom. The average molecular weight is 280 g/mol. The van der Waals surface area contributed by atoms with Gasteiger partial charge in [0.1, 0.15) is 0 Å². The molecule has 1 aliphatic rings. The van der Waals surface area contributed by atoms with Gasteiger partial charge < -0.3 is 0 Å². The van der Waals surface area contributed by atoms with E-state index in [4.69, 9.17) is 0 Å². The summed E-state index contributed by atoms with van der Waals surface area (Å²) in [5.74, 6) is 0. The molecule has 0 fully saturated rings. The van der Waals surface area contributed by atoms with Crippen molar-refractivity contribution in [1.29, 1.82) is 0 Å². The van der Waals surface area contributed by atoms with Crippen molar-refractivity contribution < 1.29 is 0 Å². The molecule has 0 amide bonds. The van der Waals surface area contributed by atoms with E-state index in [1.54, 1.807) is 11.1 Å². The summed E-state index contributed by atoms with van der Waals surface area (Å²) in [6, 6.07) is 11.1. The summed E-state index contributed by atoms with van der Waals surface area (Å²) < 4.78 is 0. The lowest BCUT2D eigenvalue weighted by Crippen LogP contribution is -2.03. The predicted octanol–water partition coefficient (Wildman–Crippen LogP) is 5.79. The summed E-state index contributed by atoms with van der Waals surface area (Å²) in [4.78, 5) is 0. The lowest BCUT2D eigenvalue weighted by Gasteiger charge is -2.17. The van der Waals surface area contributed by atoms with Crippen LogP contribution in [0.3, 0.4) is 0 Å². The van der Waals surface area contributed by atoms with Crippen molar-refractivity contribution in [1.82, 2.24) is 0 Å². The van der Waals surface area contributed by atoms with Crippen LogP contribution in [0.15, 0.2) is 30.3 Å². The Bertz CT molecular complexity index is 597. The molecular formula is C21H28. The van der Waals surface area contributed by atoms with Crippen molar-refractivity contribution in [2.45, 2.75) is 60.3 Å². The second-order valence-corrected chi connectivity index (χ2v) is 6.44. The third-order valence-corrected chi connectivity index (χ3v) is 4.70. The van der Waals surface area contributed by atoms with Gasteiger partial charge in [0.05, 0.1) is 0 Å². The first-order valence-electron chi connectivity index (χ1n) is 8.11. The highest BCUT2D eigenvalue weighted by Gasteiger charge is 2.09. The van der Waals surface area contributed by atoms with Crippen molar-refractivity contribution in [2.75, 3.05) is 0 Å². The maximum atomic E-state index is 2.28. The van der Waals surface area contributed by atoms with Gasteiger partial charge in [0.25, 0.3) is 0 Å². The molecule has 0 atom stereocenters. The minimum atomic E-state index is 1.30. The van der Waals surface area contributed by atoms with Crippen LogP contribution in [-0.4, -0.2) is 0 Å². The molecule has 0 aliphatic heterocycles. The average Bonchev–Trinajstić information content (AvgIpc) is 2.46. The number of hydrogen-bond donors (Lipinski definition) is 0. The van der Waals surface area contributed by atoms with Crippen molar-refractivity contribution in [3.63, 3.8) is 0 Å². The van der Waals surface area contributed by atoms with Gasteiger partial charge in [0, 0.05) is 0 Å². The Kier molecular flexibility index (Phi) is 5.22. The molecule has 0 saturated carbocycles. The quantitative estimate of drug-likeness (QED) is 0.572. The summed E-state index contributed by atoms with van der Waals surface area (Å²) in [5.41, 5.74) is 10.3. The molecule has 21 heavy (non-hydrogen) atoms. The van der Waals surface area contributed by atoms with E-state index in [0.717, 1.165) is 0 Å². The zero-order valence-corrected chi connectivity index (χ0v) is 14.2. The molecule has 0 nitrogen and oxygen atoms in total. The van der Waals surface area contributed by atoms with Crippen molar-refractivity contribution >= 4 is 0 Å². The lowest BCUT2D eigenvalue weighted by atomic mass is 9.89. The monoisotopic (exact) mass is 280 g/mol. The van der Waals surface area contributed by atoms with E-state index in [0.29, 0.717) is 0 Å². The highest BCUT2D eigenvalue weighted by Crippen LogP contribution is 2.23. The van der Waals surface area contributed by atoms with Crippen LogP contribution in [0.2, 0.25) is 0 Å². The first kappa shape index (κ1) is 15.8. The van der Waals surface area contributed by atoms with Crippen LogP contribution >= 0.6 is 0 Å². The van der Waals surface area contributed by atoms with E-state index in [1.807, 2.05) is 0 Å². The van der Waals surface area contributed by atoms with Crippen LogP contribution in [0, 0.1) is 34.6 Å². The zero-order chi connectivity index (χ0) is 15.4. The van der Waals surface area contributed by atoms with Crippen LogP contribution in [0.25, 0.3) is 0 Å². The summed E-state index contributed by atoms with van der Waals surface area (Å²) in [6.45, 7) is 10.9. The molecule has 2 aromatic rings. The molecule has 0 N–H and O–H groups in total. The predicted molar refractivity (Wildman–Crippen MR) is 93.2 cm³/mol. The van der Waals surface area contributed by atoms with Gasteiger partial charge in [0.15, 0.2) is 0 Å². The topological polar surface area (TPSA) is 0 Å². The molecule has 0 aromatic heterocycles. The number of aryl methyl sites for hydroxylation is 5. The molecule has 0 radical (unpaired) electrons. The second-order valence-electron chi connectivity index (χ2n) is 6.44. The lowest BCUT2D eigenvalue weighted by molar-refractivity contribution is 0.682. The van der Waals surface area contributed by atoms with E-state index < -0.39 is 0 Å². The highest BCUT2D eigenvalue weighted by atomic mass is 14.1. The van der Waals surface area contributed by atoms with Crippen LogP contribution in [0.5, 0.6) is 0 Å². The van der Waals surface area contributed by atoms with Gasteiger partial charge in [-0.25, -0.2) is 0 Å². The maximum absolute atomic E-state index is 2.28. The van der Waals surface area contributed by atoms with E-state index >= 15 is 0 Å². The Morgan fingerprint density at radius 3 is 1.95 bits per heavy atom. The van der Waals surface area contributed by atoms with E-state index in [-0.39, 0.29) is 0 Å². The van der Waals surface area contributed by atoms with Gasteiger partial charge in [-0.2, -0.15) is 0 Å². The number of rotatable bonds is 0. The zero-order valence-electron chi connectivity index (χ0n) is 14.2. The summed E-state index contributed by atoms with van der Waals surface area (Å²) >= 11 is 0. The van der Waals surface area contributed by atoms with Gasteiger partial charge in [-0.1, -0.05) is 35.9 Å². The SMILES string of the molecule is Cc1cc(C)c(C)c(C)c1.Cc1cccc2c1CCCC2. The first-order chi connectivity index (χ1) is 9.99. The summed E-state index contributed by atoms with van der Waals surface area (Å²) in [7, 11) is 0. The molecule has 0 spiro atoms. The van der Waals surface area contributed by atoms with Gasteiger partial charge in [-0.15, -0.1) is 0 Å². The highest BCUT2D eigenvalue weighted by molar-refractivity contribution is 5.36. The third kappa shape index (κ3) is 3.97. The molecule has 0 heterocycles. The molecule has 0 saturated heterocycles. The fourth-order valence-electron chi connectivity index (χ4n) is 3.22. The Labute approximate surface area is 130 Å². The Hall–Kier alpha value is -1.56. The number of benzene rings is 2. The third-order valence-electron chi connectivity index (χ3n) is 4.70. The van der Waals surface area contributed by atoms with Crippen molar-refractivity contribution in [3.05, 3.63) is 69.3 Å². The minimum Gasteiger partial charge on any atom is -0.0617 e. The molecule has 0 heteroatoms. The van der Waals surface area contributed by atoms with Gasteiger partial charge in [-0.05, 0) is 93.7 Å². The molecule has 112 valence electrons. The van der Waals surface area contributed by atoms with Crippen LogP contribution in [0.1, 0.15) is 51.8 Å². The second kappa shape index (κ2) is 6.93.